The molecule has 35 heavy (non-hydrogen) atoms. The van der Waals surface area contributed by atoms with Gasteiger partial charge in [0.15, 0.2) is 0 Å². The highest BCUT2D eigenvalue weighted by molar-refractivity contribution is 5.94. The van der Waals surface area contributed by atoms with Crippen LogP contribution in [0.3, 0.4) is 0 Å². The molecule has 1 aliphatic rings. The molecule has 0 spiro atoms. The number of amides is 2. The van der Waals surface area contributed by atoms with Crippen LogP contribution in [0.4, 0.5) is 4.79 Å². The van der Waals surface area contributed by atoms with E-state index in [9.17, 15) is 14.7 Å². The molecule has 4 rings (SSSR count). The number of morpholine rings is 1. The van der Waals surface area contributed by atoms with Crippen molar-refractivity contribution < 1.29 is 28.9 Å². The summed E-state index contributed by atoms with van der Waals surface area (Å²) in [5.74, 6) is 0.567. The Hall–Kier alpha value is -4.04. The molecule has 0 bridgehead atoms. The Kier molecular flexibility index (Phi) is 8.19. The summed E-state index contributed by atoms with van der Waals surface area (Å²) >= 11 is 0. The van der Waals surface area contributed by atoms with Crippen LogP contribution in [0.1, 0.15) is 21.5 Å². The van der Waals surface area contributed by atoms with Gasteiger partial charge in [0.25, 0.3) is 5.91 Å². The molecular formula is C27H28N2O6. The fourth-order valence-electron chi connectivity index (χ4n) is 3.59. The van der Waals surface area contributed by atoms with Crippen molar-refractivity contribution in [1.29, 1.82) is 0 Å². The minimum Gasteiger partial charge on any atom is -0.508 e. The van der Waals surface area contributed by atoms with Crippen LogP contribution in [-0.2, 0) is 22.7 Å². The molecule has 0 saturated carbocycles. The van der Waals surface area contributed by atoms with E-state index in [4.69, 9.17) is 14.2 Å². The summed E-state index contributed by atoms with van der Waals surface area (Å²) in [7, 11) is 0. The van der Waals surface area contributed by atoms with Gasteiger partial charge in [-0.3, -0.25) is 4.79 Å². The van der Waals surface area contributed by atoms with Crippen molar-refractivity contribution in [3.8, 4) is 11.5 Å². The lowest BCUT2D eigenvalue weighted by Gasteiger charge is -2.32. The third-order valence-corrected chi connectivity index (χ3v) is 5.55. The zero-order valence-corrected chi connectivity index (χ0v) is 19.3. The maximum absolute atomic E-state index is 12.5. The summed E-state index contributed by atoms with van der Waals surface area (Å²) in [5.41, 5.74) is 2.39. The summed E-state index contributed by atoms with van der Waals surface area (Å²) in [5, 5.41) is 12.1. The number of hydrogen-bond donors (Lipinski definition) is 2. The zero-order chi connectivity index (χ0) is 24.5. The Morgan fingerprint density at radius 2 is 1.66 bits per heavy atom. The number of aromatic hydroxyl groups is 1. The van der Waals surface area contributed by atoms with Crippen molar-refractivity contribution >= 4 is 12.0 Å². The minimum absolute atomic E-state index is 0.0960. The van der Waals surface area contributed by atoms with Crippen molar-refractivity contribution in [1.82, 2.24) is 10.2 Å². The van der Waals surface area contributed by atoms with E-state index in [2.05, 4.69) is 5.32 Å². The van der Waals surface area contributed by atoms with Crippen LogP contribution in [0.15, 0.2) is 78.9 Å². The zero-order valence-electron chi connectivity index (χ0n) is 19.3. The second-order valence-corrected chi connectivity index (χ2v) is 8.17. The predicted molar refractivity (Wildman–Crippen MR) is 129 cm³/mol. The first-order chi connectivity index (χ1) is 17.1. The van der Waals surface area contributed by atoms with Gasteiger partial charge in [-0.25, -0.2) is 4.79 Å². The Morgan fingerprint density at radius 1 is 0.943 bits per heavy atom. The monoisotopic (exact) mass is 476 g/mol. The SMILES string of the molecule is O=C(NC[C@@H]1CN(C(=O)OCc2ccc(OCc3ccccc3)cc2)CCO1)c1ccc(O)cc1. The van der Waals surface area contributed by atoms with Gasteiger partial charge < -0.3 is 29.5 Å². The van der Waals surface area contributed by atoms with E-state index in [1.54, 1.807) is 4.90 Å². The first-order valence-corrected chi connectivity index (χ1v) is 11.4. The third kappa shape index (κ3) is 7.22. The Balaban J connectivity index is 1.19. The maximum atomic E-state index is 12.5. The van der Waals surface area contributed by atoms with Gasteiger partial charge >= 0.3 is 6.09 Å². The highest BCUT2D eigenvalue weighted by Gasteiger charge is 2.25. The number of carbonyl (C=O) groups is 2. The average Bonchev–Trinajstić information content (AvgIpc) is 2.91. The number of phenolic OH excluding ortho intramolecular Hbond substituents is 1. The number of phenols is 1. The van der Waals surface area contributed by atoms with Gasteiger partial charge in [0.1, 0.15) is 24.7 Å². The molecule has 1 heterocycles. The van der Waals surface area contributed by atoms with Crippen molar-refractivity contribution in [3.05, 3.63) is 95.6 Å². The molecule has 3 aromatic rings. The molecule has 0 unspecified atom stereocenters. The van der Waals surface area contributed by atoms with Gasteiger partial charge in [0, 0.05) is 18.7 Å². The van der Waals surface area contributed by atoms with Crippen LogP contribution >= 0.6 is 0 Å². The van der Waals surface area contributed by atoms with Gasteiger partial charge in [0.05, 0.1) is 19.3 Å². The molecule has 3 aromatic carbocycles. The van der Waals surface area contributed by atoms with Crippen LogP contribution in [0.5, 0.6) is 11.5 Å². The molecule has 1 saturated heterocycles. The van der Waals surface area contributed by atoms with E-state index in [-0.39, 0.29) is 30.9 Å². The van der Waals surface area contributed by atoms with Gasteiger partial charge in [-0.1, -0.05) is 42.5 Å². The van der Waals surface area contributed by atoms with Gasteiger partial charge in [-0.05, 0) is 47.5 Å². The molecule has 2 N–H and O–H groups in total. The van der Waals surface area contributed by atoms with E-state index in [1.807, 2.05) is 54.6 Å². The minimum atomic E-state index is -0.424. The highest BCUT2D eigenvalue weighted by Crippen LogP contribution is 2.16. The van der Waals surface area contributed by atoms with E-state index in [1.165, 1.54) is 24.3 Å². The first kappa shape index (κ1) is 24.1. The molecule has 182 valence electrons. The highest BCUT2D eigenvalue weighted by atomic mass is 16.6. The number of ether oxygens (including phenoxy) is 3. The number of benzene rings is 3. The van der Waals surface area contributed by atoms with Gasteiger partial charge in [0.2, 0.25) is 0 Å². The number of hydrogen-bond acceptors (Lipinski definition) is 6. The van der Waals surface area contributed by atoms with E-state index in [0.717, 1.165) is 16.9 Å². The molecule has 0 aliphatic carbocycles. The fraction of sp³-hybridized carbons (Fsp3) is 0.259. The van der Waals surface area contributed by atoms with Crippen LogP contribution < -0.4 is 10.1 Å². The van der Waals surface area contributed by atoms with E-state index < -0.39 is 6.09 Å². The first-order valence-electron chi connectivity index (χ1n) is 11.4. The summed E-state index contributed by atoms with van der Waals surface area (Å²) in [4.78, 5) is 26.4. The average molecular weight is 477 g/mol. The second kappa shape index (κ2) is 11.9. The smallest absolute Gasteiger partial charge is 0.410 e. The standard InChI is InChI=1S/C27H28N2O6/c30-23-10-8-22(9-11-23)26(31)28-16-25-17-29(14-15-33-25)27(32)35-19-21-6-12-24(13-7-21)34-18-20-4-2-1-3-5-20/h1-13,25,30H,14-19H2,(H,28,31)/t25-/m1/s1. The Labute approximate surface area is 204 Å². The summed E-state index contributed by atoms with van der Waals surface area (Å²) in [6.07, 6.45) is -0.758. The molecule has 2 amide bonds. The lowest BCUT2D eigenvalue weighted by atomic mass is 10.2. The summed E-state index contributed by atoms with van der Waals surface area (Å²) < 4.78 is 16.9. The maximum Gasteiger partial charge on any atom is 0.410 e. The lowest BCUT2D eigenvalue weighted by Crippen LogP contribution is -2.49. The topological polar surface area (TPSA) is 97.3 Å². The van der Waals surface area contributed by atoms with Crippen LogP contribution in [0.2, 0.25) is 0 Å². The second-order valence-electron chi connectivity index (χ2n) is 8.17. The number of nitrogens with zero attached hydrogens (tertiary/aromatic N) is 1. The Morgan fingerprint density at radius 3 is 2.40 bits per heavy atom. The third-order valence-electron chi connectivity index (χ3n) is 5.55. The largest absolute Gasteiger partial charge is 0.508 e. The van der Waals surface area contributed by atoms with Gasteiger partial charge in [-0.15, -0.1) is 0 Å². The molecule has 0 aromatic heterocycles. The molecule has 0 radical (unpaired) electrons. The Bertz CT molecular complexity index is 1100. The lowest BCUT2D eigenvalue weighted by molar-refractivity contribution is -0.0263. The van der Waals surface area contributed by atoms with Crippen molar-refractivity contribution in [2.75, 3.05) is 26.2 Å². The number of nitrogens with one attached hydrogen (secondary N) is 1. The predicted octanol–water partition coefficient (Wildman–Crippen LogP) is 3.74. The molecule has 8 nitrogen and oxygen atoms in total. The fourth-order valence-corrected chi connectivity index (χ4v) is 3.59. The molecule has 1 atom stereocenters. The number of rotatable bonds is 8. The normalized spacial score (nSPS) is 15.3. The summed E-state index contributed by atoms with van der Waals surface area (Å²) in [6, 6.07) is 23.4. The quantitative estimate of drug-likeness (QED) is 0.514. The van der Waals surface area contributed by atoms with Crippen LogP contribution in [0, 0.1) is 0 Å². The molecule has 1 aliphatic heterocycles. The summed E-state index contributed by atoms with van der Waals surface area (Å²) in [6.45, 7) is 2.00. The van der Waals surface area contributed by atoms with Crippen LogP contribution in [0.25, 0.3) is 0 Å². The number of carbonyl (C=O) groups excluding carboxylic acids is 2. The molecule has 8 heteroatoms. The van der Waals surface area contributed by atoms with E-state index >= 15 is 0 Å². The van der Waals surface area contributed by atoms with Crippen molar-refractivity contribution in [2.45, 2.75) is 19.3 Å². The van der Waals surface area contributed by atoms with E-state index in [0.29, 0.717) is 31.9 Å². The molecule has 1 fully saturated rings. The van der Waals surface area contributed by atoms with Crippen LogP contribution in [-0.4, -0.2) is 54.4 Å². The molecular weight excluding hydrogens is 448 g/mol. The van der Waals surface area contributed by atoms with Crippen molar-refractivity contribution in [2.24, 2.45) is 0 Å². The van der Waals surface area contributed by atoms with Crippen molar-refractivity contribution in [3.63, 3.8) is 0 Å². The van der Waals surface area contributed by atoms with Gasteiger partial charge in [-0.2, -0.15) is 0 Å².